The quantitative estimate of drug-likeness (QED) is 0.105. The third-order valence-corrected chi connectivity index (χ3v) is 5.95. The van der Waals surface area contributed by atoms with Crippen molar-refractivity contribution in [1.82, 2.24) is 29.9 Å². The normalized spacial score (nSPS) is 9.45. The van der Waals surface area contributed by atoms with Crippen LogP contribution in [-0.2, 0) is 17.1 Å². The Balaban J connectivity index is 0.000000238. The summed E-state index contributed by atoms with van der Waals surface area (Å²) in [7, 11) is 0. The molecule has 6 rings (SSSR count). The van der Waals surface area contributed by atoms with Crippen LogP contribution in [0.15, 0.2) is 122 Å². The zero-order valence-corrected chi connectivity index (χ0v) is 27.4. The van der Waals surface area contributed by atoms with Gasteiger partial charge in [0.05, 0.1) is 45.6 Å². The molecule has 6 aromatic rings. The van der Waals surface area contributed by atoms with E-state index in [4.69, 9.17) is 22.3 Å². The molecule has 10 heteroatoms. The average Bonchev–Trinajstić information content (AvgIpc) is 3.15. The Hall–Kier alpha value is -5.51. The predicted octanol–water partition coefficient (Wildman–Crippen LogP) is 6.98. The van der Waals surface area contributed by atoms with Gasteiger partial charge < -0.3 is 9.47 Å². The molecule has 0 bridgehead atoms. The van der Waals surface area contributed by atoms with Crippen molar-refractivity contribution in [3.63, 3.8) is 0 Å². The molecular weight excluding hydrogens is 648 g/mol. The van der Waals surface area contributed by atoms with E-state index in [1.807, 2.05) is 97.1 Å². The Labute approximate surface area is 291 Å². The fraction of sp³-hybridized carbons (Fsp3) is 0.0811. The predicted molar refractivity (Wildman–Crippen MR) is 185 cm³/mol. The van der Waals surface area contributed by atoms with Crippen molar-refractivity contribution in [2.45, 2.75) is 0 Å². The van der Waals surface area contributed by atoms with Crippen LogP contribution in [0.5, 0.6) is 11.5 Å². The molecule has 0 aliphatic carbocycles. The van der Waals surface area contributed by atoms with Gasteiger partial charge >= 0.3 is 0 Å². The minimum atomic E-state index is 0. The van der Waals surface area contributed by atoms with E-state index in [9.17, 15) is 0 Å². The van der Waals surface area contributed by atoms with E-state index in [1.165, 1.54) is 0 Å². The molecule has 0 aliphatic heterocycles. The fourth-order valence-corrected chi connectivity index (χ4v) is 4.01. The number of pyridine rings is 6. The van der Waals surface area contributed by atoms with E-state index < -0.39 is 0 Å². The van der Waals surface area contributed by atoms with E-state index in [2.05, 4.69) is 54.4 Å². The van der Waals surface area contributed by atoms with Crippen LogP contribution < -0.4 is 9.47 Å². The number of hydrogen-bond acceptors (Lipinski definition) is 9. The summed E-state index contributed by atoms with van der Waals surface area (Å²) in [6, 6.07) is 30.0. The molecule has 0 saturated heterocycles. The van der Waals surface area contributed by atoms with Crippen LogP contribution in [0, 0.1) is 24.7 Å². The molecule has 0 unspecified atom stereocenters. The van der Waals surface area contributed by atoms with Crippen LogP contribution in [0.4, 0.5) is 0 Å². The Kier molecular flexibility index (Phi) is 15.1. The molecule has 234 valence electrons. The van der Waals surface area contributed by atoms with E-state index in [-0.39, 0.29) is 30.3 Å². The first-order valence-electron chi connectivity index (χ1n) is 14.0. The second kappa shape index (κ2) is 19.8. The molecular formula is C37H30FeN6O2S. The molecule has 47 heavy (non-hydrogen) atoms. The summed E-state index contributed by atoms with van der Waals surface area (Å²) in [5.74, 6) is 6.22. The summed E-state index contributed by atoms with van der Waals surface area (Å²) in [6.07, 6.45) is 19.1. The first kappa shape index (κ1) is 36.0. The number of aromatic nitrogens is 6. The van der Waals surface area contributed by atoms with Crippen molar-refractivity contribution in [3.8, 4) is 81.7 Å². The molecule has 0 radical (unpaired) electrons. The van der Waals surface area contributed by atoms with Gasteiger partial charge in [-0.2, -0.15) is 12.6 Å². The third-order valence-electron chi connectivity index (χ3n) is 5.95. The summed E-state index contributed by atoms with van der Waals surface area (Å²) in [5, 5.41) is 0. The number of hydrogen-bond donors (Lipinski definition) is 1. The van der Waals surface area contributed by atoms with Crippen LogP contribution in [0.3, 0.4) is 0 Å². The SMILES string of the molecule is C#CCOc1cc(-c2ccccn2)nc(-c2ccccn2)c1.C#CCOc1cc(-c2ccccn2)nc(-c2ccccn2)c1.CS.[Fe]. The van der Waals surface area contributed by atoms with Gasteiger partial charge in [0.1, 0.15) is 24.7 Å². The van der Waals surface area contributed by atoms with Gasteiger partial charge in [0.25, 0.3) is 0 Å². The van der Waals surface area contributed by atoms with E-state index in [0.717, 1.165) is 45.6 Å². The summed E-state index contributed by atoms with van der Waals surface area (Å²) in [5.41, 5.74) is 5.95. The van der Waals surface area contributed by atoms with Crippen LogP contribution in [0.1, 0.15) is 0 Å². The van der Waals surface area contributed by atoms with E-state index >= 15 is 0 Å². The van der Waals surface area contributed by atoms with E-state index in [1.54, 1.807) is 31.0 Å². The number of rotatable bonds is 8. The van der Waals surface area contributed by atoms with Crippen molar-refractivity contribution in [1.29, 1.82) is 0 Å². The fourth-order valence-electron chi connectivity index (χ4n) is 4.01. The Morgan fingerprint density at radius 1 is 0.489 bits per heavy atom. The van der Waals surface area contributed by atoms with Gasteiger partial charge in [-0.05, 0) is 54.8 Å². The molecule has 0 fully saturated rings. The monoisotopic (exact) mass is 678 g/mol. The molecule has 0 amide bonds. The van der Waals surface area contributed by atoms with E-state index in [0.29, 0.717) is 11.5 Å². The Morgan fingerprint density at radius 3 is 0.979 bits per heavy atom. The topological polar surface area (TPSA) is 95.8 Å². The molecule has 6 aromatic heterocycles. The second-order valence-electron chi connectivity index (χ2n) is 8.99. The first-order valence-corrected chi connectivity index (χ1v) is 14.9. The van der Waals surface area contributed by atoms with Crippen LogP contribution >= 0.6 is 12.6 Å². The van der Waals surface area contributed by atoms with Crippen LogP contribution in [0.2, 0.25) is 0 Å². The van der Waals surface area contributed by atoms with Gasteiger partial charge in [-0.1, -0.05) is 36.1 Å². The molecule has 0 N–H and O–H groups in total. The maximum atomic E-state index is 5.55. The van der Waals surface area contributed by atoms with Crippen LogP contribution in [-0.4, -0.2) is 49.4 Å². The summed E-state index contributed by atoms with van der Waals surface area (Å²) >= 11 is 3.53. The number of nitrogens with zero attached hydrogens (tertiary/aromatic N) is 6. The van der Waals surface area contributed by atoms with Crippen molar-refractivity contribution < 1.29 is 26.5 Å². The largest absolute Gasteiger partial charge is 0.481 e. The maximum Gasteiger partial charge on any atom is 0.148 e. The van der Waals surface area contributed by atoms with Crippen LogP contribution in [0.25, 0.3) is 45.6 Å². The number of terminal acetylenes is 2. The summed E-state index contributed by atoms with van der Waals surface area (Å²) in [6.45, 7) is 0.403. The molecule has 0 atom stereocenters. The number of ether oxygens (including phenoxy) is 2. The molecule has 0 aromatic carbocycles. The minimum Gasteiger partial charge on any atom is -0.481 e. The van der Waals surface area contributed by atoms with Gasteiger partial charge in [-0.3, -0.25) is 19.9 Å². The standard InChI is InChI=1S/2C18H13N3O.CH4S.Fe/c2*1-2-11-22-14-12-17(15-7-3-5-9-19-15)21-18(13-14)16-8-4-6-10-20-16;1-2;/h2*1,3-10,12-13H,11H2;2H,1H3;. The van der Waals surface area contributed by atoms with Gasteiger partial charge in [0.2, 0.25) is 0 Å². The number of thiol groups is 1. The summed E-state index contributed by atoms with van der Waals surface area (Å²) < 4.78 is 11.1. The van der Waals surface area contributed by atoms with Crippen molar-refractivity contribution in [3.05, 3.63) is 122 Å². The molecule has 8 nitrogen and oxygen atoms in total. The van der Waals surface area contributed by atoms with Crippen molar-refractivity contribution in [2.24, 2.45) is 0 Å². The molecule has 0 saturated carbocycles. The van der Waals surface area contributed by atoms with Crippen molar-refractivity contribution >= 4 is 12.6 Å². The zero-order chi connectivity index (χ0) is 32.4. The molecule has 6 heterocycles. The Morgan fingerprint density at radius 2 is 0.766 bits per heavy atom. The molecule has 0 aliphatic rings. The third kappa shape index (κ3) is 10.8. The van der Waals surface area contributed by atoms with Crippen molar-refractivity contribution in [2.75, 3.05) is 19.5 Å². The minimum absolute atomic E-state index is 0. The van der Waals surface area contributed by atoms with Gasteiger partial charge in [-0.25, -0.2) is 9.97 Å². The molecule has 0 spiro atoms. The van der Waals surface area contributed by atoms with Gasteiger partial charge in [0, 0.05) is 66.1 Å². The Bertz CT molecular complexity index is 1630. The first-order chi connectivity index (χ1) is 22.7. The maximum absolute atomic E-state index is 5.55. The van der Waals surface area contributed by atoms with Gasteiger partial charge in [0.15, 0.2) is 0 Å². The second-order valence-corrected chi connectivity index (χ2v) is 8.99. The van der Waals surface area contributed by atoms with Gasteiger partial charge in [-0.15, -0.1) is 12.8 Å². The average molecular weight is 679 g/mol. The summed E-state index contributed by atoms with van der Waals surface area (Å²) in [4.78, 5) is 26.6. The smallest absolute Gasteiger partial charge is 0.148 e. The zero-order valence-electron chi connectivity index (χ0n) is 25.4.